The van der Waals surface area contributed by atoms with E-state index in [9.17, 15) is 9.90 Å². The lowest BCUT2D eigenvalue weighted by Crippen LogP contribution is -2.41. The summed E-state index contributed by atoms with van der Waals surface area (Å²) in [6, 6.07) is 25.1. The number of halogens is 1. The van der Waals surface area contributed by atoms with E-state index in [1.165, 1.54) is 0 Å². The van der Waals surface area contributed by atoms with E-state index in [2.05, 4.69) is 0 Å². The number of aliphatic hydroxyl groups excluding tert-OH is 1. The Morgan fingerprint density at radius 1 is 0.909 bits per heavy atom. The monoisotopic (exact) mass is 463 g/mol. The molecular weight excluding hydrogens is 438 g/mol. The maximum atomic E-state index is 13.5. The molecule has 1 aliphatic rings. The molecule has 0 bridgehead atoms. The van der Waals surface area contributed by atoms with Gasteiger partial charge in [-0.2, -0.15) is 0 Å². The predicted molar refractivity (Wildman–Crippen MR) is 129 cm³/mol. The number of esters is 1. The van der Waals surface area contributed by atoms with Gasteiger partial charge in [0.2, 0.25) is 0 Å². The summed E-state index contributed by atoms with van der Waals surface area (Å²) >= 11 is 6.12. The van der Waals surface area contributed by atoms with Crippen molar-refractivity contribution in [2.75, 3.05) is 5.06 Å². The number of para-hydroxylation sites is 1. The Labute approximate surface area is 198 Å². The molecule has 0 aromatic heterocycles. The van der Waals surface area contributed by atoms with Gasteiger partial charge in [-0.3, -0.25) is 4.84 Å². The number of hydrogen-bond donors (Lipinski definition) is 1. The van der Waals surface area contributed by atoms with Gasteiger partial charge in [0.25, 0.3) is 0 Å². The molecule has 5 nitrogen and oxygen atoms in total. The Bertz CT molecular complexity index is 1140. The van der Waals surface area contributed by atoms with Crippen LogP contribution in [-0.2, 0) is 14.4 Å². The highest BCUT2D eigenvalue weighted by atomic mass is 35.5. The van der Waals surface area contributed by atoms with E-state index < -0.39 is 23.7 Å². The molecule has 0 saturated heterocycles. The van der Waals surface area contributed by atoms with E-state index in [4.69, 9.17) is 21.2 Å². The zero-order valence-electron chi connectivity index (χ0n) is 18.7. The fraction of sp³-hybridized carbons (Fsp3) is 0.222. The van der Waals surface area contributed by atoms with E-state index in [1.54, 1.807) is 38.0 Å². The number of anilines is 1. The smallest absolute Gasteiger partial charge is 0.340 e. The van der Waals surface area contributed by atoms with Crippen LogP contribution in [0.1, 0.15) is 44.0 Å². The van der Waals surface area contributed by atoms with Crippen molar-refractivity contribution in [3.8, 4) is 0 Å². The minimum absolute atomic E-state index is 0.121. The molecule has 4 rings (SSSR count). The van der Waals surface area contributed by atoms with Crippen molar-refractivity contribution in [3.63, 3.8) is 0 Å². The van der Waals surface area contributed by atoms with Gasteiger partial charge in [0, 0.05) is 5.02 Å². The molecule has 1 heterocycles. The highest BCUT2D eigenvalue weighted by Gasteiger charge is 2.43. The quantitative estimate of drug-likeness (QED) is 0.435. The van der Waals surface area contributed by atoms with Crippen LogP contribution in [-0.4, -0.2) is 16.7 Å². The molecule has 0 radical (unpaired) electrons. The number of carbonyl (C=O) groups is 1. The first-order valence-electron chi connectivity index (χ1n) is 10.7. The van der Waals surface area contributed by atoms with Gasteiger partial charge >= 0.3 is 5.97 Å². The second-order valence-electron chi connectivity index (χ2n) is 8.81. The Kier molecular flexibility index (Phi) is 6.45. The van der Waals surface area contributed by atoms with Crippen LogP contribution >= 0.6 is 11.6 Å². The van der Waals surface area contributed by atoms with Gasteiger partial charge in [-0.05, 0) is 56.2 Å². The SMILES string of the molecule is CC(C)(C)OC(=O)C1=C(O)[C@@H](c2ccccc2)ON(c2ccccc2)[C@H]1c1ccc(Cl)cc1. The van der Waals surface area contributed by atoms with Crippen molar-refractivity contribution < 1.29 is 19.5 Å². The molecule has 1 N–H and O–H groups in total. The van der Waals surface area contributed by atoms with Crippen LogP contribution in [0, 0.1) is 0 Å². The molecule has 0 aliphatic carbocycles. The first-order valence-corrected chi connectivity index (χ1v) is 11.1. The van der Waals surface area contributed by atoms with E-state index >= 15 is 0 Å². The maximum Gasteiger partial charge on any atom is 0.340 e. The molecule has 2 atom stereocenters. The molecule has 0 fully saturated rings. The molecule has 3 aromatic rings. The average Bonchev–Trinajstić information content (AvgIpc) is 2.79. The summed E-state index contributed by atoms with van der Waals surface area (Å²) in [5.74, 6) is -0.785. The zero-order chi connectivity index (χ0) is 23.6. The highest BCUT2D eigenvalue weighted by molar-refractivity contribution is 6.30. The number of benzene rings is 3. The molecule has 0 unspecified atom stereocenters. The van der Waals surface area contributed by atoms with Gasteiger partial charge in [-0.15, -0.1) is 0 Å². The van der Waals surface area contributed by atoms with Crippen LogP contribution in [0.2, 0.25) is 5.02 Å². The summed E-state index contributed by atoms with van der Waals surface area (Å²) in [7, 11) is 0. The third-order valence-electron chi connectivity index (χ3n) is 5.17. The molecule has 0 saturated carbocycles. The second-order valence-corrected chi connectivity index (χ2v) is 9.25. The third kappa shape index (κ3) is 5.05. The standard InChI is InChI=1S/C27H26ClNO4/c1-27(2,3)32-26(31)22-23(18-14-16-20(28)17-15-18)29(21-12-8-5-9-13-21)33-25(24(22)30)19-10-6-4-7-11-19/h4-17,23,25,30H,1-3H3/t23-,25+/m0/s1. The number of aliphatic hydroxyl groups is 1. The Morgan fingerprint density at radius 2 is 1.48 bits per heavy atom. The van der Waals surface area contributed by atoms with Crippen molar-refractivity contribution in [2.45, 2.75) is 38.5 Å². The highest BCUT2D eigenvalue weighted by Crippen LogP contribution is 2.45. The van der Waals surface area contributed by atoms with Crippen LogP contribution in [0.25, 0.3) is 0 Å². The van der Waals surface area contributed by atoms with Gasteiger partial charge in [-0.1, -0.05) is 72.3 Å². The molecule has 1 aliphatic heterocycles. The van der Waals surface area contributed by atoms with Gasteiger partial charge in [0.15, 0.2) is 6.10 Å². The number of carbonyl (C=O) groups excluding carboxylic acids is 1. The lowest BCUT2D eigenvalue weighted by atomic mass is 9.92. The number of hydrogen-bond acceptors (Lipinski definition) is 5. The van der Waals surface area contributed by atoms with E-state index in [0.717, 1.165) is 11.3 Å². The number of ether oxygens (including phenoxy) is 1. The molecule has 6 heteroatoms. The first kappa shape index (κ1) is 22.9. The van der Waals surface area contributed by atoms with Crippen molar-refractivity contribution in [3.05, 3.63) is 112 Å². The Morgan fingerprint density at radius 3 is 2.06 bits per heavy atom. The number of rotatable bonds is 4. The van der Waals surface area contributed by atoms with Gasteiger partial charge in [0.05, 0.1) is 5.69 Å². The fourth-order valence-corrected chi connectivity index (χ4v) is 3.88. The van der Waals surface area contributed by atoms with Crippen molar-refractivity contribution in [1.29, 1.82) is 0 Å². The molecule has 3 aromatic carbocycles. The summed E-state index contributed by atoms with van der Waals surface area (Å²) in [4.78, 5) is 19.8. The summed E-state index contributed by atoms with van der Waals surface area (Å²) in [6.07, 6.45) is -0.877. The second kappa shape index (κ2) is 9.30. The van der Waals surface area contributed by atoms with Crippen LogP contribution in [0.15, 0.2) is 96.3 Å². The molecule has 170 valence electrons. The van der Waals surface area contributed by atoms with Crippen LogP contribution in [0.4, 0.5) is 5.69 Å². The lowest BCUT2D eigenvalue weighted by Gasteiger charge is -2.41. The number of hydroxylamine groups is 1. The van der Waals surface area contributed by atoms with Crippen LogP contribution in [0.3, 0.4) is 0 Å². The van der Waals surface area contributed by atoms with E-state index in [1.807, 2.05) is 72.8 Å². The minimum atomic E-state index is -0.877. The van der Waals surface area contributed by atoms with Crippen molar-refractivity contribution >= 4 is 23.3 Å². The largest absolute Gasteiger partial charge is 0.508 e. The van der Waals surface area contributed by atoms with Gasteiger partial charge in [0.1, 0.15) is 23.0 Å². The topological polar surface area (TPSA) is 59.0 Å². The molecular formula is C27H26ClNO4. The number of nitrogens with zero attached hydrogens (tertiary/aromatic N) is 1. The van der Waals surface area contributed by atoms with Crippen LogP contribution < -0.4 is 5.06 Å². The normalized spacial score (nSPS) is 18.8. The van der Waals surface area contributed by atoms with E-state index in [0.29, 0.717) is 10.6 Å². The van der Waals surface area contributed by atoms with Gasteiger partial charge in [-0.25, -0.2) is 9.86 Å². The fourth-order valence-electron chi connectivity index (χ4n) is 3.75. The summed E-state index contributed by atoms with van der Waals surface area (Å²) in [6.45, 7) is 5.38. The van der Waals surface area contributed by atoms with Gasteiger partial charge < -0.3 is 9.84 Å². The average molecular weight is 464 g/mol. The Hall–Kier alpha value is -3.28. The lowest BCUT2D eigenvalue weighted by molar-refractivity contribution is -0.152. The Balaban J connectivity index is 1.93. The predicted octanol–water partition coefficient (Wildman–Crippen LogP) is 6.73. The maximum absolute atomic E-state index is 13.5. The molecule has 33 heavy (non-hydrogen) atoms. The first-order chi connectivity index (χ1) is 15.7. The van der Waals surface area contributed by atoms with Crippen LogP contribution in [0.5, 0.6) is 0 Å². The van der Waals surface area contributed by atoms with E-state index in [-0.39, 0.29) is 11.3 Å². The summed E-state index contributed by atoms with van der Waals surface area (Å²) in [5.41, 5.74) is 1.55. The molecule has 0 amide bonds. The van der Waals surface area contributed by atoms with Crippen molar-refractivity contribution in [1.82, 2.24) is 0 Å². The van der Waals surface area contributed by atoms with Crippen molar-refractivity contribution in [2.24, 2.45) is 0 Å². The zero-order valence-corrected chi connectivity index (χ0v) is 19.5. The summed E-state index contributed by atoms with van der Waals surface area (Å²) < 4.78 is 5.73. The molecule has 0 spiro atoms. The minimum Gasteiger partial charge on any atom is -0.508 e. The summed E-state index contributed by atoms with van der Waals surface area (Å²) in [5, 5.41) is 13.6. The third-order valence-corrected chi connectivity index (χ3v) is 5.42.